The highest BCUT2D eigenvalue weighted by Crippen LogP contribution is 2.31. The number of halogens is 2. The summed E-state index contributed by atoms with van der Waals surface area (Å²) in [6, 6.07) is 13.7. The van der Waals surface area contributed by atoms with Crippen molar-refractivity contribution in [1.29, 1.82) is 0 Å². The molecule has 0 spiro atoms. The first kappa shape index (κ1) is 22.1. The average molecular weight is 381 g/mol. The lowest BCUT2D eigenvalue weighted by atomic mass is 9.75. The maximum Gasteiger partial charge on any atom is 0.248 e. The molecule has 1 amide bonds. The number of hydrogen-bond donors (Lipinski definition) is 3. The van der Waals surface area contributed by atoms with Gasteiger partial charge in [0, 0.05) is 23.6 Å². The van der Waals surface area contributed by atoms with E-state index < -0.39 is 11.3 Å². The first-order valence-electron chi connectivity index (χ1n) is 8.34. The Morgan fingerprint density at radius 2 is 1.81 bits per heavy atom. The third-order valence-electron chi connectivity index (χ3n) is 4.62. The van der Waals surface area contributed by atoms with E-state index in [1.54, 1.807) is 24.3 Å². The van der Waals surface area contributed by atoms with Crippen LogP contribution in [0.15, 0.2) is 48.5 Å². The monoisotopic (exact) mass is 380 g/mol. The van der Waals surface area contributed by atoms with E-state index in [-0.39, 0.29) is 30.9 Å². The van der Waals surface area contributed by atoms with Crippen LogP contribution in [0, 0.1) is 5.82 Å². The smallest absolute Gasteiger partial charge is 0.248 e. The summed E-state index contributed by atoms with van der Waals surface area (Å²) in [7, 11) is 0. The number of hydrogen-bond acceptors (Lipinski definition) is 3. The number of amides is 1. The summed E-state index contributed by atoms with van der Waals surface area (Å²) in [6.45, 7) is 4.39. The van der Waals surface area contributed by atoms with E-state index in [1.807, 2.05) is 32.0 Å². The lowest BCUT2D eigenvalue weighted by molar-refractivity contribution is 0.1000. The van der Waals surface area contributed by atoms with E-state index in [1.165, 1.54) is 6.07 Å². The van der Waals surface area contributed by atoms with Gasteiger partial charge in [-0.2, -0.15) is 0 Å². The molecular weight excluding hydrogens is 355 g/mol. The highest BCUT2D eigenvalue weighted by molar-refractivity contribution is 5.92. The third-order valence-corrected chi connectivity index (χ3v) is 4.62. The van der Waals surface area contributed by atoms with Gasteiger partial charge in [0.05, 0.1) is 6.61 Å². The van der Waals surface area contributed by atoms with Gasteiger partial charge in [-0.25, -0.2) is 4.39 Å². The molecule has 2 aromatic carbocycles. The molecule has 142 valence electrons. The van der Waals surface area contributed by atoms with Crippen LogP contribution in [0.3, 0.4) is 0 Å². The molecule has 0 fully saturated rings. The zero-order chi connectivity index (χ0) is 18.4. The summed E-state index contributed by atoms with van der Waals surface area (Å²) >= 11 is 0. The van der Waals surface area contributed by atoms with E-state index in [2.05, 4.69) is 5.32 Å². The molecule has 4 N–H and O–H groups in total. The summed E-state index contributed by atoms with van der Waals surface area (Å²) < 4.78 is 14.3. The lowest BCUT2D eigenvalue weighted by Gasteiger charge is -2.36. The van der Waals surface area contributed by atoms with E-state index in [4.69, 9.17) is 5.73 Å². The van der Waals surface area contributed by atoms with Crippen molar-refractivity contribution in [1.82, 2.24) is 5.32 Å². The first-order valence-corrected chi connectivity index (χ1v) is 8.34. The summed E-state index contributed by atoms with van der Waals surface area (Å²) in [4.78, 5) is 11.2. The van der Waals surface area contributed by atoms with Crippen molar-refractivity contribution in [2.24, 2.45) is 5.73 Å². The fourth-order valence-electron chi connectivity index (χ4n) is 3.03. The quantitative estimate of drug-likeness (QED) is 0.659. The number of aliphatic hydroxyl groups excluding tert-OH is 1. The van der Waals surface area contributed by atoms with Crippen molar-refractivity contribution in [3.05, 3.63) is 71.0 Å². The Bertz CT molecular complexity index is 720. The van der Waals surface area contributed by atoms with Gasteiger partial charge in [-0.1, -0.05) is 44.2 Å². The number of aliphatic hydroxyl groups is 1. The van der Waals surface area contributed by atoms with E-state index in [0.717, 1.165) is 5.56 Å². The maximum absolute atomic E-state index is 14.3. The molecule has 4 nitrogen and oxygen atoms in total. The molecule has 0 saturated carbocycles. The fraction of sp³-hybridized carbons (Fsp3) is 0.350. The minimum Gasteiger partial charge on any atom is -0.395 e. The number of carbonyl (C=O) groups is 1. The van der Waals surface area contributed by atoms with Crippen LogP contribution in [0.25, 0.3) is 0 Å². The van der Waals surface area contributed by atoms with Crippen LogP contribution in [0.5, 0.6) is 0 Å². The maximum atomic E-state index is 14.3. The van der Waals surface area contributed by atoms with Crippen LogP contribution < -0.4 is 11.1 Å². The average Bonchev–Trinajstić information content (AvgIpc) is 2.59. The molecule has 2 rings (SSSR count). The van der Waals surface area contributed by atoms with Crippen molar-refractivity contribution in [3.63, 3.8) is 0 Å². The van der Waals surface area contributed by atoms with E-state index in [9.17, 15) is 14.3 Å². The number of nitrogens with two attached hydrogens (primary N) is 1. The van der Waals surface area contributed by atoms with E-state index >= 15 is 0 Å². The second kappa shape index (κ2) is 9.67. The second-order valence-electron chi connectivity index (χ2n) is 6.70. The SMILES string of the molecule is CC(C)(c1ccccc1F)C(Cc1ccc(C(N)=O)cc1)NCCO.Cl. The molecule has 0 saturated heterocycles. The molecule has 0 aromatic heterocycles. The van der Waals surface area contributed by atoms with Gasteiger partial charge in [-0.05, 0) is 35.7 Å². The predicted octanol–water partition coefficient (Wildman–Crippen LogP) is 2.82. The van der Waals surface area contributed by atoms with Crippen molar-refractivity contribution in [3.8, 4) is 0 Å². The molecule has 0 aliphatic carbocycles. The van der Waals surface area contributed by atoms with Crippen LogP contribution in [0.4, 0.5) is 4.39 Å². The van der Waals surface area contributed by atoms with Gasteiger partial charge in [0.25, 0.3) is 0 Å². The zero-order valence-electron chi connectivity index (χ0n) is 15.0. The van der Waals surface area contributed by atoms with Gasteiger partial charge >= 0.3 is 0 Å². The Kier molecular flexibility index (Phi) is 8.21. The van der Waals surface area contributed by atoms with Gasteiger partial charge in [-0.3, -0.25) is 4.79 Å². The number of benzene rings is 2. The van der Waals surface area contributed by atoms with Gasteiger partial charge in [0.1, 0.15) is 5.82 Å². The third kappa shape index (κ3) is 5.27. The van der Waals surface area contributed by atoms with Crippen molar-refractivity contribution < 1.29 is 14.3 Å². The molecular formula is C20H26ClFN2O2. The molecule has 0 heterocycles. The number of rotatable bonds is 8. The van der Waals surface area contributed by atoms with Crippen LogP contribution in [-0.2, 0) is 11.8 Å². The predicted molar refractivity (Wildman–Crippen MR) is 104 cm³/mol. The van der Waals surface area contributed by atoms with Gasteiger partial charge in [0.15, 0.2) is 0 Å². The minimum atomic E-state index is -0.497. The van der Waals surface area contributed by atoms with Crippen molar-refractivity contribution >= 4 is 18.3 Å². The summed E-state index contributed by atoms with van der Waals surface area (Å²) in [5.74, 6) is -0.708. The molecule has 2 aromatic rings. The molecule has 0 radical (unpaired) electrons. The summed E-state index contributed by atoms with van der Waals surface area (Å²) in [5, 5.41) is 12.5. The van der Waals surface area contributed by atoms with Crippen molar-refractivity contribution in [2.75, 3.05) is 13.2 Å². The van der Waals surface area contributed by atoms with E-state index in [0.29, 0.717) is 24.1 Å². The summed E-state index contributed by atoms with van der Waals surface area (Å²) in [5.41, 5.74) is 6.86. The Balaban J connectivity index is 0.00000338. The topological polar surface area (TPSA) is 75.4 Å². The summed E-state index contributed by atoms with van der Waals surface area (Å²) in [6.07, 6.45) is 0.625. The molecule has 6 heteroatoms. The van der Waals surface area contributed by atoms with Crippen molar-refractivity contribution in [2.45, 2.75) is 31.7 Å². The molecule has 26 heavy (non-hydrogen) atoms. The van der Waals surface area contributed by atoms with Gasteiger partial charge in [0.2, 0.25) is 5.91 Å². The molecule has 0 bridgehead atoms. The Hall–Kier alpha value is -1.95. The Morgan fingerprint density at radius 1 is 1.19 bits per heavy atom. The largest absolute Gasteiger partial charge is 0.395 e. The van der Waals surface area contributed by atoms with Gasteiger partial charge < -0.3 is 16.2 Å². The fourth-order valence-corrected chi connectivity index (χ4v) is 3.03. The Morgan fingerprint density at radius 3 is 2.35 bits per heavy atom. The molecule has 1 atom stereocenters. The second-order valence-corrected chi connectivity index (χ2v) is 6.70. The van der Waals surface area contributed by atoms with Crippen LogP contribution in [-0.4, -0.2) is 30.2 Å². The highest BCUT2D eigenvalue weighted by Gasteiger charge is 2.33. The number of carbonyl (C=O) groups excluding carboxylic acids is 1. The van der Waals surface area contributed by atoms with Crippen LogP contribution >= 0.6 is 12.4 Å². The lowest BCUT2D eigenvalue weighted by Crippen LogP contribution is -2.47. The van der Waals surface area contributed by atoms with Gasteiger partial charge in [-0.15, -0.1) is 12.4 Å². The standard InChI is InChI=1S/C20H25FN2O2.ClH/c1-20(2,16-5-3-4-6-17(16)21)18(23-11-12-24)13-14-7-9-15(10-8-14)19(22)25;/h3-10,18,23-24H,11-13H2,1-2H3,(H2,22,25);1H. The molecule has 1 unspecified atom stereocenters. The highest BCUT2D eigenvalue weighted by atomic mass is 35.5. The normalized spacial score (nSPS) is 12.3. The number of primary amides is 1. The van der Waals surface area contributed by atoms with Crippen LogP contribution in [0.2, 0.25) is 0 Å². The minimum absolute atomic E-state index is 0. The molecule has 0 aliphatic heterocycles. The molecule has 0 aliphatic rings. The zero-order valence-corrected chi connectivity index (χ0v) is 15.9. The Labute approximate surface area is 160 Å². The van der Waals surface area contributed by atoms with Crippen LogP contribution in [0.1, 0.15) is 35.3 Å². The first-order chi connectivity index (χ1) is 11.9. The number of nitrogens with one attached hydrogen (secondary N) is 1.